The second-order valence-corrected chi connectivity index (χ2v) is 8.69. The van der Waals surface area contributed by atoms with E-state index in [0.717, 1.165) is 11.1 Å². The van der Waals surface area contributed by atoms with E-state index in [2.05, 4.69) is 16.0 Å². The average molecular weight is 466 g/mol. The van der Waals surface area contributed by atoms with Gasteiger partial charge >= 0.3 is 0 Å². The Bertz CT molecular complexity index is 863. The van der Waals surface area contributed by atoms with Gasteiger partial charge in [0.2, 0.25) is 5.91 Å². The second kappa shape index (κ2) is 11.9. The molecule has 0 unspecified atom stereocenters. The molecule has 0 saturated carbocycles. The van der Waals surface area contributed by atoms with Crippen LogP contribution >= 0.6 is 12.4 Å². The van der Waals surface area contributed by atoms with Gasteiger partial charge in [0, 0.05) is 29.7 Å². The van der Waals surface area contributed by atoms with E-state index in [1.54, 1.807) is 13.2 Å². The van der Waals surface area contributed by atoms with Gasteiger partial charge in [-0.25, -0.2) is 0 Å². The Kier molecular flexibility index (Phi) is 10.3. The Morgan fingerprint density at radius 1 is 1.09 bits per heavy atom. The van der Waals surface area contributed by atoms with Crippen molar-refractivity contribution in [3.63, 3.8) is 0 Å². The highest BCUT2D eigenvalue weighted by Gasteiger charge is 2.39. The number of methoxy groups -OCH3 is 1. The molecule has 178 valence electrons. The third-order valence-electron chi connectivity index (χ3n) is 4.92. The van der Waals surface area contributed by atoms with Gasteiger partial charge in [-0.1, -0.05) is 24.3 Å². The van der Waals surface area contributed by atoms with Crippen LogP contribution in [0.1, 0.15) is 46.6 Å². The third kappa shape index (κ3) is 7.88. The number of carbonyl (C=O) groups excluding carboxylic acids is 2. The highest BCUT2D eigenvalue weighted by molar-refractivity contribution is 5.96. The van der Waals surface area contributed by atoms with Crippen LogP contribution in [0.15, 0.2) is 35.9 Å². The predicted octanol–water partition coefficient (Wildman–Crippen LogP) is 3.24. The van der Waals surface area contributed by atoms with Crippen molar-refractivity contribution in [2.24, 2.45) is 0 Å². The first kappa shape index (κ1) is 27.5. The van der Waals surface area contributed by atoms with Gasteiger partial charge in [0.05, 0.1) is 7.11 Å². The summed E-state index contributed by atoms with van der Waals surface area (Å²) in [5.74, 6) is 0.790. The van der Waals surface area contributed by atoms with E-state index < -0.39 is 0 Å². The predicted molar refractivity (Wildman–Crippen MR) is 130 cm³/mol. The lowest BCUT2D eigenvalue weighted by Gasteiger charge is -2.27. The molecule has 0 atom stereocenters. The van der Waals surface area contributed by atoms with Gasteiger partial charge in [-0.2, -0.15) is 0 Å². The first-order valence-corrected chi connectivity index (χ1v) is 10.6. The summed E-state index contributed by atoms with van der Waals surface area (Å²) in [7, 11) is 1.57. The minimum atomic E-state index is -0.370. The standard InChI is InChI=1S/C24H35N3O4.ClH/c1-7-9-17-10-11-19(20(14-17)30-6)31-16-21(28)25-12-8-13-26-22(29)18-15-23(2,3)27-24(18,4)5;/h7,9-11,14-15,27H,8,12-13,16H2,1-6H3,(H,25,28)(H,26,29);1H/b9-7+;. The van der Waals surface area contributed by atoms with Gasteiger partial charge in [-0.15, -0.1) is 12.4 Å². The van der Waals surface area contributed by atoms with Crippen molar-refractivity contribution in [2.75, 3.05) is 26.8 Å². The topological polar surface area (TPSA) is 88.7 Å². The number of hydrogen-bond acceptors (Lipinski definition) is 5. The molecule has 0 saturated heterocycles. The molecule has 0 aromatic heterocycles. The summed E-state index contributed by atoms with van der Waals surface area (Å²) in [5, 5.41) is 9.15. The molecule has 1 aromatic carbocycles. The maximum atomic E-state index is 12.5. The number of ether oxygens (including phenoxy) is 2. The van der Waals surface area contributed by atoms with E-state index in [1.807, 2.05) is 65.0 Å². The fourth-order valence-electron chi connectivity index (χ4n) is 3.71. The molecule has 0 fully saturated rings. The number of rotatable bonds is 10. The van der Waals surface area contributed by atoms with Crippen LogP contribution in [0.3, 0.4) is 0 Å². The first-order valence-electron chi connectivity index (χ1n) is 10.6. The molecule has 0 radical (unpaired) electrons. The molecule has 1 aliphatic rings. The van der Waals surface area contributed by atoms with Crippen molar-refractivity contribution < 1.29 is 19.1 Å². The zero-order valence-electron chi connectivity index (χ0n) is 19.8. The molecule has 3 N–H and O–H groups in total. The molecular formula is C24H36ClN3O4. The maximum Gasteiger partial charge on any atom is 0.257 e. The molecule has 1 aliphatic heterocycles. The van der Waals surface area contributed by atoms with Crippen LogP contribution in [-0.4, -0.2) is 49.7 Å². The minimum absolute atomic E-state index is 0. The average Bonchev–Trinajstić information content (AvgIpc) is 2.93. The SMILES string of the molecule is C/C=C/c1ccc(OCC(=O)NCCCNC(=O)C2=CC(C)(C)NC2(C)C)c(OC)c1.Cl. The van der Waals surface area contributed by atoms with E-state index in [1.165, 1.54) is 0 Å². The van der Waals surface area contributed by atoms with E-state index in [9.17, 15) is 9.59 Å². The van der Waals surface area contributed by atoms with E-state index in [4.69, 9.17) is 9.47 Å². The molecule has 0 bridgehead atoms. The Morgan fingerprint density at radius 3 is 2.38 bits per heavy atom. The number of carbonyl (C=O) groups is 2. The molecule has 7 nitrogen and oxygen atoms in total. The highest BCUT2D eigenvalue weighted by Crippen LogP contribution is 2.30. The number of benzene rings is 1. The smallest absolute Gasteiger partial charge is 0.257 e. The number of allylic oxidation sites excluding steroid dienone is 1. The molecule has 2 amide bonds. The van der Waals surface area contributed by atoms with E-state index in [0.29, 0.717) is 31.0 Å². The van der Waals surface area contributed by atoms with Crippen LogP contribution in [0.25, 0.3) is 6.08 Å². The Hall–Kier alpha value is -2.51. The highest BCUT2D eigenvalue weighted by atomic mass is 35.5. The Morgan fingerprint density at radius 2 is 1.78 bits per heavy atom. The summed E-state index contributed by atoms with van der Waals surface area (Å²) in [5.41, 5.74) is 1.16. The Balaban J connectivity index is 0.00000512. The van der Waals surface area contributed by atoms with Gasteiger partial charge in [0.1, 0.15) is 0 Å². The zero-order valence-corrected chi connectivity index (χ0v) is 20.7. The van der Waals surface area contributed by atoms with Gasteiger partial charge < -0.3 is 20.1 Å². The quantitative estimate of drug-likeness (QED) is 0.462. The number of nitrogens with one attached hydrogen (secondary N) is 3. The summed E-state index contributed by atoms with van der Waals surface area (Å²) in [6.07, 6.45) is 6.50. The lowest BCUT2D eigenvalue weighted by atomic mass is 9.96. The van der Waals surface area contributed by atoms with Gasteiger partial charge in [0.25, 0.3) is 5.91 Å². The summed E-state index contributed by atoms with van der Waals surface area (Å²) < 4.78 is 10.9. The second-order valence-electron chi connectivity index (χ2n) is 8.69. The molecule has 2 rings (SSSR count). The molecule has 1 heterocycles. The van der Waals surface area contributed by atoms with Crippen LogP contribution in [0.5, 0.6) is 11.5 Å². The third-order valence-corrected chi connectivity index (χ3v) is 4.92. The largest absolute Gasteiger partial charge is 0.493 e. The fourth-order valence-corrected chi connectivity index (χ4v) is 3.71. The van der Waals surface area contributed by atoms with Crippen LogP contribution in [0.4, 0.5) is 0 Å². The van der Waals surface area contributed by atoms with Gasteiger partial charge in [0.15, 0.2) is 18.1 Å². The van der Waals surface area contributed by atoms with Gasteiger partial charge in [-0.05, 0) is 58.7 Å². The van der Waals surface area contributed by atoms with Crippen LogP contribution in [-0.2, 0) is 9.59 Å². The van der Waals surface area contributed by atoms with Crippen molar-refractivity contribution in [1.29, 1.82) is 0 Å². The van der Waals surface area contributed by atoms with Crippen LogP contribution in [0.2, 0.25) is 0 Å². The Labute approximate surface area is 197 Å². The van der Waals surface area contributed by atoms with Crippen molar-refractivity contribution in [2.45, 2.75) is 52.1 Å². The maximum absolute atomic E-state index is 12.5. The molecule has 0 spiro atoms. The number of amides is 2. The minimum Gasteiger partial charge on any atom is -0.493 e. The van der Waals surface area contributed by atoms with E-state index >= 15 is 0 Å². The van der Waals surface area contributed by atoms with E-state index in [-0.39, 0.29) is 41.9 Å². The van der Waals surface area contributed by atoms with Crippen LogP contribution < -0.4 is 25.4 Å². The zero-order chi connectivity index (χ0) is 23.1. The number of halogens is 1. The van der Waals surface area contributed by atoms with Crippen molar-refractivity contribution in [3.8, 4) is 11.5 Å². The number of hydrogen-bond donors (Lipinski definition) is 3. The van der Waals surface area contributed by atoms with Gasteiger partial charge in [-0.3, -0.25) is 14.9 Å². The summed E-state index contributed by atoms with van der Waals surface area (Å²) in [6, 6.07) is 5.54. The van der Waals surface area contributed by atoms with Crippen molar-refractivity contribution >= 4 is 30.3 Å². The fraction of sp³-hybridized carbons (Fsp3) is 0.500. The molecule has 1 aromatic rings. The molecule has 8 heteroatoms. The normalized spacial score (nSPS) is 16.1. The summed E-state index contributed by atoms with van der Waals surface area (Å²) in [6.45, 7) is 10.8. The lowest BCUT2D eigenvalue weighted by molar-refractivity contribution is -0.123. The van der Waals surface area contributed by atoms with Crippen molar-refractivity contribution in [1.82, 2.24) is 16.0 Å². The molecular weight excluding hydrogens is 430 g/mol. The summed E-state index contributed by atoms with van der Waals surface area (Å²) in [4.78, 5) is 24.5. The lowest BCUT2D eigenvalue weighted by Crippen LogP contribution is -2.47. The molecule has 0 aliphatic carbocycles. The molecule has 32 heavy (non-hydrogen) atoms. The van der Waals surface area contributed by atoms with Crippen LogP contribution in [0, 0.1) is 0 Å². The monoisotopic (exact) mass is 465 g/mol. The first-order chi connectivity index (χ1) is 14.6. The summed E-state index contributed by atoms with van der Waals surface area (Å²) >= 11 is 0. The van der Waals surface area contributed by atoms with Crippen molar-refractivity contribution in [3.05, 3.63) is 41.5 Å².